The minimum Gasteiger partial charge on any atom is -0.480 e. The van der Waals surface area contributed by atoms with Gasteiger partial charge < -0.3 is 31.3 Å². The van der Waals surface area contributed by atoms with Crippen LogP contribution in [0.3, 0.4) is 0 Å². The Hall–Kier alpha value is -3.98. The second-order valence-corrected chi connectivity index (χ2v) is 9.38. The number of rotatable bonds is 10. The molecule has 3 rings (SSSR count). The number of carbonyl (C=O) groups excluding carboxylic acids is 1. The van der Waals surface area contributed by atoms with Gasteiger partial charge in [-0.3, -0.25) is 9.59 Å². The number of hydrogen-bond donors (Lipinski definition) is 5. The highest BCUT2D eigenvalue weighted by molar-refractivity contribution is 7.89. The molecular weight excluding hydrogens is 482 g/mol. The van der Waals surface area contributed by atoms with Crippen molar-refractivity contribution in [2.45, 2.75) is 43.7 Å². The maximum atomic E-state index is 12.6. The zero-order valence-electron chi connectivity index (χ0n) is 18.9. The van der Waals surface area contributed by atoms with Gasteiger partial charge in [0.05, 0.1) is 17.8 Å². The molecule has 2 aromatic rings. The number of aliphatic carboxylic acids is 1. The summed E-state index contributed by atoms with van der Waals surface area (Å²) in [5.41, 5.74) is 12.7. The first-order valence-corrected chi connectivity index (χ1v) is 11.8. The van der Waals surface area contributed by atoms with Crippen molar-refractivity contribution in [1.29, 1.82) is 0 Å². The van der Waals surface area contributed by atoms with Gasteiger partial charge in [-0.25, -0.2) is 13.4 Å². The average Bonchev–Trinajstić information content (AvgIpc) is 3.37. The van der Waals surface area contributed by atoms with E-state index in [0.29, 0.717) is 17.8 Å². The minimum atomic E-state index is -4.24. The maximum Gasteiger partial charge on any atom is 0.323 e. The van der Waals surface area contributed by atoms with Crippen LogP contribution in [0.1, 0.15) is 29.9 Å². The highest BCUT2D eigenvalue weighted by atomic mass is 32.2. The number of benzene rings is 1. The van der Waals surface area contributed by atoms with Gasteiger partial charge in [0.25, 0.3) is 0 Å². The van der Waals surface area contributed by atoms with Gasteiger partial charge in [0.1, 0.15) is 22.7 Å². The Kier molecular flexibility index (Phi) is 7.71. The minimum absolute atomic E-state index is 0.0169. The van der Waals surface area contributed by atoms with Crippen LogP contribution >= 0.6 is 0 Å². The number of carboxylic acids is 1. The summed E-state index contributed by atoms with van der Waals surface area (Å²) in [6.07, 6.45) is -0.331. The molecule has 0 fully saturated rings. The zero-order valence-corrected chi connectivity index (χ0v) is 19.7. The Morgan fingerprint density at radius 1 is 1.26 bits per heavy atom. The molecule has 35 heavy (non-hydrogen) atoms. The fourth-order valence-corrected chi connectivity index (χ4v) is 4.88. The molecule has 1 aromatic heterocycles. The number of sulfonamides is 1. The summed E-state index contributed by atoms with van der Waals surface area (Å²) >= 11 is 0. The second kappa shape index (κ2) is 10.5. The predicted octanol–water partition coefficient (Wildman–Crippen LogP) is -0.373. The van der Waals surface area contributed by atoms with Crippen molar-refractivity contribution < 1.29 is 32.5 Å². The summed E-state index contributed by atoms with van der Waals surface area (Å²) in [6.45, 7) is 2.32. The second-order valence-electron chi connectivity index (χ2n) is 7.73. The van der Waals surface area contributed by atoms with Crippen molar-refractivity contribution in [3.8, 4) is 0 Å². The first-order valence-electron chi connectivity index (χ1n) is 10.3. The molecule has 1 aliphatic rings. The van der Waals surface area contributed by atoms with E-state index in [4.69, 9.17) is 20.8 Å². The van der Waals surface area contributed by atoms with Gasteiger partial charge >= 0.3 is 5.97 Å². The van der Waals surface area contributed by atoms with Crippen LogP contribution in [0.15, 0.2) is 43.8 Å². The van der Waals surface area contributed by atoms with Crippen molar-refractivity contribution in [2.75, 3.05) is 6.54 Å². The lowest BCUT2D eigenvalue weighted by molar-refractivity contribution is -0.139. The molecule has 0 bridgehead atoms. The third kappa shape index (κ3) is 6.54. The number of nitrogens with zero attached hydrogens (tertiary/aromatic N) is 3. The highest BCUT2D eigenvalue weighted by Gasteiger charge is 2.31. The van der Waals surface area contributed by atoms with Crippen LogP contribution in [-0.2, 0) is 24.4 Å². The van der Waals surface area contributed by atoms with Gasteiger partial charge in [0.15, 0.2) is 11.7 Å². The number of aromatic nitrogens is 1. The first-order chi connectivity index (χ1) is 16.5. The SMILES string of the molecule is Cc1noc(C)c1S(=O)(=O)N[C@@H](CNC(=O)C[C@H]1CC(c2ccc(N=C(N)N)cc2)=NO1)C(=O)O. The largest absolute Gasteiger partial charge is 0.480 e. The molecule has 14 nitrogen and oxygen atoms in total. The zero-order chi connectivity index (χ0) is 25.8. The molecule has 1 aromatic carbocycles. The fraction of sp³-hybridized carbons (Fsp3) is 0.350. The first kappa shape index (κ1) is 25.6. The number of aliphatic imine (C=N–C) groups is 1. The van der Waals surface area contributed by atoms with Gasteiger partial charge in [-0.15, -0.1) is 0 Å². The van der Waals surface area contributed by atoms with Gasteiger partial charge in [-0.1, -0.05) is 22.4 Å². The lowest BCUT2D eigenvalue weighted by atomic mass is 10.0. The quantitative estimate of drug-likeness (QED) is 0.207. The lowest BCUT2D eigenvalue weighted by Crippen LogP contribution is -2.48. The molecule has 188 valence electrons. The number of hydrogen-bond acceptors (Lipinski definition) is 9. The van der Waals surface area contributed by atoms with E-state index in [1.54, 1.807) is 24.3 Å². The van der Waals surface area contributed by atoms with E-state index in [2.05, 4.69) is 20.6 Å². The fourth-order valence-electron chi connectivity index (χ4n) is 3.36. The van der Waals surface area contributed by atoms with Gasteiger partial charge in [0, 0.05) is 13.0 Å². The van der Waals surface area contributed by atoms with E-state index in [0.717, 1.165) is 5.56 Å². The van der Waals surface area contributed by atoms with Gasteiger partial charge in [-0.2, -0.15) is 4.72 Å². The number of nitrogens with one attached hydrogen (secondary N) is 2. The Bertz CT molecular complexity index is 1250. The van der Waals surface area contributed by atoms with E-state index in [-0.39, 0.29) is 28.7 Å². The molecule has 0 saturated carbocycles. The van der Waals surface area contributed by atoms with Crippen LogP contribution in [0.2, 0.25) is 0 Å². The third-order valence-electron chi connectivity index (χ3n) is 4.94. The van der Waals surface area contributed by atoms with Crippen LogP contribution in [0.25, 0.3) is 0 Å². The third-order valence-corrected chi connectivity index (χ3v) is 6.66. The van der Waals surface area contributed by atoms with Crippen LogP contribution in [-0.4, -0.2) is 60.9 Å². The lowest BCUT2D eigenvalue weighted by Gasteiger charge is -2.16. The summed E-state index contributed by atoms with van der Waals surface area (Å²) in [7, 11) is -4.24. The van der Waals surface area contributed by atoms with Crippen molar-refractivity contribution >= 4 is 39.3 Å². The molecule has 0 unspecified atom stereocenters. The van der Waals surface area contributed by atoms with E-state index in [1.807, 2.05) is 4.72 Å². The number of amides is 1. The maximum absolute atomic E-state index is 12.6. The molecule has 7 N–H and O–H groups in total. The topological polar surface area (TPSA) is 225 Å². The van der Waals surface area contributed by atoms with Crippen molar-refractivity contribution in [1.82, 2.24) is 15.2 Å². The Labute approximate surface area is 200 Å². The normalized spacial score (nSPS) is 16.2. The summed E-state index contributed by atoms with van der Waals surface area (Å²) < 4.78 is 32.0. The summed E-state index contributed by atoms with van der Waals surface area (Å²) in [4.78, 5) is 32.9. The van der Waals surface area contributed by atoms with Crippen molar-refractivity contribution in [3.05, 3.63) is 41.3 Å². The molecule has 15 heteroatoms. The Morgan fingerprint density at radius 2 is 1.94 bits per heavy atom. The average molecular weight is 508 g/mol. The number of aryl methyl sites for hydroxylation is 2. The van der Waals surface area contributed by atoms with E-state index >= 15 is 0 Å². The monoisotopic (exact) mass is 507 g/mol. The standard InChI is InChI=1S/C20H25N7O7S/c1-10-18(11(2)33-25-10)35(31,32)27-16(19(29)30)9-23-17(28)8-14-7-15(26-34-14)12-3-5-13(6-4-12)24-20(21)22/h3-6,14,16,27H,7-9H2,1-2H3,(H,23,28)(H,29,30)(H4,21,22,24)/t14-,16+/m1/s1. The molecule has 0 aliphatic carbocycles. The highest BCUT2D eigenvalue weighted by Crippen LogP contribution is 2.21. The summed E-state index contributed by atoms with van der Waals surface area (Å²) in [6, 6.07) is 5.31. The summed E-state index contributed by atoms with van der Waals surface area (Å²) in [5, 5.41) is 19.4. The number of oxime groups is 1. The predicted molar refractivity (Wildman–Crippen MR) is 123 cm³/mol. The number of carboxylic acid groups (broad SMARTS) is 1. The molecule has 0 radical (unpaired) electrons. The van der Waals surface area contributed by atoms with Crippen LogP contribution < -0.4 is 21.5 Å². The Balaban J connectivity index is 1.53. The van der Waals surface area contributed by atoms with Crippen LogP contribution in [0.4, 0.5) is 5.69 Å². The number of carbonyl (C=O) groups is 2. The van der Waals surface area contributed by atoms with Crippen LogP contribution in [0, 0.1) is 13.8 Å². The van der Waals surface area contributed by atoms with Crippen molar-refractivity contribution in [2.24, 2.45) is 21.6 Å². The molecule has 2 atom stereocenters. The molecule has 2 heterocycles. The smallest absolute Gasteiger partial charge is 0.323 e. The molecular formula is C20H25N7O7S. The van der Waals surface area contributed by atoms with E-state index < -0.39 is 40.6 Å². The molecule has 0 spiro atoms. The molecule has 0 saturated heterocycles. The van der Waals surface area contributed by atoms with Crippen molar-refractivity contribution in [3.63, 3.8) is 0 Å². The number of nitrogens with two attached hydrogens (primary N) is 2. The van der Waals surface area contributed by atoms with E-state index in [1.165, 1.54) is 13.8 Å². The summed E-state index contributed by atoms with van der Waals surface area (Å²) in [5.74, 6) is -2.04. The Morgan fingerprint density at radius 3 is 2.51 bits per heavy atom. The van der Waals surface area contributed by atoms with E-state index in [9.17, 15) is 23.1 Å². The van der Waals surface area contributed by atoms with Gasteiger partial charge in [-0.05, 0) is 31.5 Å². The number of guanidine groups is 1. The molecule has 1 aliphatic heterocycles. The van der Waals surface area contributed by atoms with Gasteiger partial charge in [0.2, 0.25) is 15.9 Å². The van der Waals surface area contributed by atoms with Crippen LogP contribution in [0.5, 0.6) is 0 Å². The molecule has 1 amide bonds.